The van der Waals surface area contributed by atoms with E-state index in [9.17, 15) is 4.79 Å². The van der Waals surface area contributed by atoms with Gasteiger partial charge in [0.15, 0.2) is 10.8 Å². The van der Waals surface area contributed by atoms with Gasteiger partial charge < -0.3 is 0 Å². The molecule has 0 spiro atoms. The third-order valence-corrected chi connectivity index (χ3v) is 5.83. The van der Waals surface area contributed by atoms with Gasteiger partial charge in [0.05, 0.1) is 6.20 Å². The van der Waals surface area contributed by atoms with Gasteiger partial charge in [0.1, 0.15) is 0 Å². The zero-order valence-electron chi connectivity index (χ0n) is 14.9. The molecule has 0 unspecified atom stereocenters. The summed E-state index contributed by atoms with van der Waals surface area (Å²) >= 11 is 4.96. The van der Waals surface area contributed by atoms with Crippen molar-refractivity contribution in [3.8, 4) is 11.1 Å². The SMILES string of the molecule is Cc1ccc(C)c(CSc2nc3c(-c4ccc(Br)cc4)cnn3c(=O)[nH]2)c1. The summed E-state index contributed by atoms with van der Waals surface area (Å²) in [6.07, 6.45) is 1.68. The van der Waals surface area contributed by atoms with Crippen LogP contribution < -0.4 is 5.69 Å². The highest BCUT2D eigenvalue weighted by molar-refractivity contribution is 9.10. The van der Waals surface area contributed by atoms with E-state index in [1.54, 1.807) is 6.20 Å². The number of benzene rings is 2. The number of aromatic amines is 1. The molecule has 136 valence electrons. The predicted octanol–water partition coefficient (Wildman–Crippen LogP) is 4.76. The highest BCUT2D eigenvalue weighted by atomic mass is 79.9. The monoisotopic (exact) mass is 440 g/mol. The Labute approximate surface area is 169 Å². The van der Waals surface area contributed by atoms with Crippen LogP contribution in [0.25, 0.3) is 16.8 Å². The second kappa shape index (κ2) is 7.32. The second-order valence-corrected chi connectivity index (χ2v) is 8.25. The number of rotatable bonds is 4. The molecule has 0 aliphatic carbocycles. The summed E-state index contributed by atoms with van der Waals surface area (Å²) in [6, 6.07) is 14.3. The molecule has 0 amide bonds. The molecule has 2 aromatic heterocycles. The summed E-state index contributed by atoms with van der Waals surface area (Å²) < 4.78 is 2.30. The van der Waals surface area contributed by atoms with Gasteiger partial charge >= 0.3 is 5.69 Å². The van der Waals surface area contributed by atoms with E-state index in [4.69, 9.17) is 0 Å². The van der Waals surface area contributed by atoms with Gasteiger partial charge in [-0.1, -0.05) is 63.6 Å². The van der Waals surface area contributed by atoms with Crippen LogP contribution in [-0.4, -0.2) is 19.6 Å². The van der Waals surface area contributed by atoms with Crippen LogP contribution in [0, 0.1) is 13.8 Å². The smallest absolute Gasteiger partial charge is 0.285 e. The standard InChI is InChI=1S/C20H17BrN4OS/c1-12-3-4-13(2)15(9-12)11-27-19-23-18-17(10-22-25(18)20(26)24-19)14-5-7-16(21)8-6-14/h3-10H,11H2,1-2H3,(H,23,24,26). The fraction of sp³-hybridized carbons (Fsp3) is 0.150. The number of hydrogen-bond acceptors (Lipinski definition) is 4. The maximum Gasteiger partial charge on any atom is 0.350 e. The summed E-state index contributed by atoms with van der Waals surface area (Å²) in [6.45, 7) is 4.17. The molecule has 0 bridgehead atoms. The summed E-state index contributed by atoms with van der Waals surface area (Å²) in [5.41, 5.74) is 5.78. The lowest BCUT2D eigenvalue weighted by Gasteiger charge is -2.07. The van der Waals surface area contributed by atoms with Gasteiger partial charge in [0.25, 0.3) is 0 Å². The first kappa shape index (κ1) is 18.0. The van der Waals surface area contributed by atoms with Crippen molar-refractivity contribution in [2.75, 3.05) is 0 Å². The number of aryl methyl sites for hydroxylation is 2. The number of aromatic nitrogens is 4. The summed E-state index contributed by atoms with van der Waals surface area (Å²) in [5, 5.41) is 4.78. The normalized spacial score (nSPS) is 11.2. The van der Waals surface area contributed by atoms with E-state index in [2.05, 4.69) is 63.0 Å². The van der Waals surface area contributed by atoms with Crippen molar-refractivity contribution < 1.29 is 0 Å². The minimum Gasteiger partial charge on any atom is -0.285 e. The van der Waals surface area contributed by atoms with Crippen LogP contribution in [0.5, 0.6) is 0 Å². The number of hydrogen-bond donors (Lipinski definition) is 1. The van der Waals surface area contributed by atoms with Crippen LogP contribution in [0.3, 0.4) is 0 Å². The second-order valence-electron chi connectivity index (χ2n) is 6.37. The zero-order valence-corrected chi connectivity index (χ0v) is 17.3. The Morgan fingerprint density at radius 1 is 1.15 bits per heavy atom. The molecule has 1 N–H and O–H groups in total. The molecule has 0 radical (unpaired) electrons. The first-order valence-corrected chi connectivity index (χ1v) is 10.2. The van der Waals surface area contributed by atoms with Crippen molar-refractivity contribution in [3.63, 3.8) is 0 Å². The van der Waals surface area contributed by atoms with Crippen LogP contribution in [0.4, 0.5) is 0 Å². The van der Waals surface area contributed by atoms with E-state index >= 15 is 0 Å². The van der Waals surface area contributed by atoms with Gasteiger partial charge in [-0.05, 0) is 42.7 Å². The van der Waals surface area contributed by atoms with Gasteiger partial charge in [-0.15, -0.1) is 0 Å². The van der Waals surface area contributed by atoms with Gasteiger partial charge in [0, 0.05) is 15.8 Å². The van der Waals surface area contributed by atoms with E-state index in [1.165, 1.54) is 33.0 Å². The van der Waals surface area contributed by atoms with Crippen LogP contribution in [-0.2, 0) is 5.75 Å². The van der Waals surface area contributed by atoms with E-state index in [0.29, 0.717) is 10.8 Å². The Balaban J connectivity index is 1.70. The maximum atomic E-state index is 12.4. The number of nitrogens with zero attached hydrogens (tertiary/aromatic N) is 3. The van der Waals surface area contributed by atoms with Crippen molar-refractivity contribution in [3.05, 3.63) is 80.3 Å². The molecule has 0 aliphatic rings. The van der Waals surface area contributed by atoms with E-state index in [0.717, 1.165) is 21.4 Å². The molecule has 5 nitrogen and oxygen atoms in total. The lowest BCUT2D eigenvalue weighted by molar-refractivity contribution is 0.786. The minimum absolute atomic E-state index is 0.285. The highest BCUT2D eigenvalue weighted by Gasteiger charge is 2.12. The zero-order chi connectivity index (χ0) is 19.0. The third kappa shape index (κ3) is 3.70. The minimum atomic E-state index is -0.285. The third-order valence-electron chi connectivity index (χ3n) is 4.38. The molecular formula is C20H17BrN4OS. The molecule has 2 aromatic carbocycles. The van der Waals surface area contributed by atoms with E-state index < -0.39 is 0 Å². The average molecular weight is 441 g/mol. The summed E-state index contributed by atoms with van der Waals surface area (Å²) in [5.74, 6) is 0.744. The molecule has 0 saturated heterocycles. The Morgan fingerprint density at radius 3 is 2.70 bits per heavy atom. The lowest BCUT2D eigenvalue weighted by atomic mass is 10.1. The van der Waals surface area contributed by atoms with Gasteiger partial charge in [-0.2, -0.15) is 9.61 Å². The summed E-state index contributed by atoms with van der Waals surface area (Å²) in [7, 11) is 0. The Hall–Kier alpha value is -2.38. The van der Waals surface area contributed by atoms with Crippen LogP contribution in [0.2, 0.25) is 0 Å². The molecule has 0 saturated carbocycles. The average Bonchev–Trinajstić information content (AvgIpc) is 3.08. The van der Waals surface area contributed by atoms with Crippen molar-refractivity contribution in [2.24, 2.45) is 0 Å². The maximum absolute atomic E-state index is 12.4. The molecule has 2 heterocycles. The molecular weight excluding hydrogens is 424 g/mol. The topological polar surface area (TPSA) is 63.1 Å². The Kier molecular flexibility index (Phi) is 4.88. The van der Waals surface area contributed by atoms with Crippen molar-refractivity contribution in [1.82, 2.24) is 19.6 Å². The molecule has 0 aliphatic heterocycles. The van der Waals surface area contributed by atoms with Crippen LogP contribution in [0.1, 0.15) is 16.7 Å². The van der Waals surface area contributed by atoms with Crippen molar-refractivity contribution in [2.45, 2.75) is 24.8 Å². The quantitative estimate of drug-likeness (QED) is 0.464. The highest BCUT2D eigenvalue weighted by Crippen LogP contribution is 2.26. The van der Waals surface area contributed by atoms with E-state index in [1.807, 2.05) is 24.3 Å². The number of fused-ring (bicyclic) bond motifs is 1. The van der Waals surface area contributed by atoms with Crippen LogP contribution >= 0.6 is 27.7 Å². The largest absolute Gasteiger partial charge is 0.350 e. The van der Waals surface area contributed by atoms with Crippen LogP contribution in [0.15, 0.2) is 63.1 Å². The van der Waals surface area contributed by atoms with Crippen molar-refractivity contribution in [1.29, 1.82) is 0 Å². The first-order chi connectivity index (χ1) is 13.0. The predicted molar refractivity (Wildman–Crippen MR) is 112 cm³/mol. The first-order valence-electron chi connectivity index (χ1n) is 8.44. The molecule has 7 heteroatoms. The molecule has 27 heavy (non-hydrogen) atoms. The van der Waals surface area contributed by atoms with Gasteiger partial charge in [-0.3, -0.25) is 4.98 Å². The molecule has 0 fully saturated rings. The fourth-order valence-corrected chi connectivity index (χ4v) is 4.05. The number of H-pyrrole nitrogens is 1. The molecule has 4 aromatic rings. The Morgan fingerprint density at radius 2 is 1.93 bits per heavy atom. The van der Waals surface area contributed by atoms with Gasteiger partial charge in [0.2, 0.25) is 0 Å². The lowest BCUT2D eigenvalue weighted by Crippen LogP contribution is -2.19. The van der Waals surface area contributed by atoms with E-state index in [-0.39, 0.29) is 5.69 Å². The fourth-order valence-electron chi connectivity index (χ4n) is 2.87. The number of thioether (sulfide) groups is 1. The van der Waals surface area contributed by atoms with Gasteiger partial charge in [-0.25, -0.2) is 9.78 Å². The molecule has 0 atom stereocenters. The Bertz CT molecular complexity index is 1180. The number of halogens is 1. The number of nitrogens with one attached hydrogen (secondary N) is 1. The molecule has 4 rings (SSSR count). The summed E-state index contributed by atoms with van der Waals surface area (Å²) in [4.78, 5) is 19.9. The van der Waals surface area contributed by atoms with Crippen molar-refractivity contribution >= 4 is 33.3 Å².